The molecule has 0 aliphatic heterocycles. The van der Waals surface area contributed by atoms with Gasteiger partial charge in [0.2, 0.25) is 0 Å². The van der Waals surface area contributed by atoms with Crippen molar-refractivity contribution in [1.29, 1.82) is 0 Å². The second-order valence-corrected chi connectivity index (χ2v) is 6.76. The zero-order chi connectivity index (χ0) is 16.8. The molecule has 0 saturated carbocycles. The van der Waals surface area contributed by atoms with Gasteiger partial charge in [-0.25, -0.2) is 0 Å². The lowest BCUT2D eigenvalue weighted by atomic mass is 9.76. The molecule has 0 amide bonds. The van der Waals surface area contributed by atoms with Gasteiger partial charge >= 0.3 is 0 Å². The van der Waals surface area contributed by atoms with E-state index < -0.39 is 0 Å². The topological polar surface area (TPSA) is 0 Å². The molecule has 0 spiro atoms. The highest BCUT2D eigenvalue weighted by Gasteiger charge is 2.23. The summed E-state index contributed by atoms with van der Waals surface area (Å²) in [4.78, 5) is 0. The summed E-state index contributed by atoms with van der Waals surface area (Å²) in [6.07, 6.45) is 1.16. The quantitative estimate of drug-likeness (QED) is 0.471. The van der Waals surface area contributed by atoms with Crippen LogP contribution in [0, 0.1) is 0 Å². The number of rotatable bonds is 6. The van der Waals surface area contributed by atoms with E-state index in [2.05, 4.69) is 105 Å². The number of hydrogen-bond donors (Lipinski definition) is 0. The van der Waals surface area contributed by atoms with E-state index in [4.69, 9.17) is 0 Å². The van der Waals surface area contributed by atoms with Crippen LogP contribution in [0.2, 0.25) is 0 Å². The summed E-state index contributed by atoms with van der Waals surface area (Å²) in [5, 5.41) is 0. The SMILES string of the molecule is CC(CC(c1ccccc1)C(C)c1ccccc1)c1ccccc1. The van der Waals surface area contributed by atoms with Gasteiger partial charge in [0.05, 0.1) is 0 Å². The molecule has 0 aromatic heterocycles. The fourth-order valence-corrected chi connectivity index (χ4v) is 3.62. The summed E-state index contributed by atoms with van der Waals surface area (Å²) in [5.74, 6) is 1.56. The minimum absolute atomic E-state index is 0.500. The van der Waals surface area contributed by atoms with Gasteiger partial charge in [0.15, 0.2) is 0 Å². The van der Waals surface area contributed by atoms with Crippen molar-refractivity contribution >= 4 is 0 Å². The highest BCUT2D eigenvalue weighted by Crippen LogP contribution is 2.39. The molecule has 3 unspecified atom stereocenters. The second-order valence-electron chi connectivity index (χ2n) is 6.76. The summed E-state index contributed by atoms with van der Waals surface area (Å²) in [7, 11) is 0. The summed E-state index contributed by atoms with van der Waals surface area (Å²) < 4.78 is 0. The van der Waals surface area contributed by atoms with Gasteiger partial charge < -0.3 is 0 Å². The average molecular weight is 314 g/mol. The Bertz CT molecular complexity index is 716. The van der Waals surface area contributed by atoms with E-state index in [1.807, 2.05) is 0 Å². The van der Waals surface area contributed by atoms with Gasteiger partial charge in [-0.15, -0.1) is 0 Å². The van der Waals surface area contributed by atoms with E-state index in [1.54, 1.807) is 0 Å². The smallest absolute Gasteiger partial charge is 0.00900 e. The average Bonchev–Trinajstić information content (AvgIpc) is 2.67. The molecule has 3 aromatic carbocycles. The maximum Gasteiger partial charge on any atom is -0.00900 e. The fourth-order valence-electron chi connectivity index (χ4n) is 3.62. The van der Waals surface area contributed by atoms with Crippen molar-refractivity contribution in [3.05, 3.63) is 108 Å². The molecule has 0 fully saturated rings. The molecule has 0 heterocycles. The van der Waals surface area contributed by atoms with Gasteiger partial charge in [-0.2, -0.15) is 0 Å². The Morgan fingerprint density at radius 1 is 0.542 bits per heavy atom. The Morgan fingerprint density at radius 2 is 0.958 bits per heavy atom. The van der Waals surface area contributed by atoms with Crippen molar-refractivity contribution in [2.45, 2.75) is 38.0 Å². The van der Waals surface area contributed by atoms with Crippen LogP contribution >= 0.6 is 0 Å². The number of hydrogen-bond acceptors (Lipinski definition) is 0. The van der Waals surface area contributed by atoms with Crippen molar-refractivity contribution < 1.29 is 0 Å². The van der Waals surface area contributed by atoms with Crippen LogP contribution in [-0.2, 0) is 0 Å². The third kappa shape index (κ3) is 3.94. The van der Waals surface area contributed by atoms with Crippen molar-refractivity contribution in [3.8, 4) is 0 Å². The first-order valence-electron chi connectivity index (χ1n) is 8.90. The molecule has 3 aromatic rings. The lowest BCUT2D eigenvalue weighted by Gasteiger charge is -2.28. The molecule has 0 nitrogen and oxygen atoms in total. The third-order valence-electron chi connectivity index (χ3n) is 5.13. The molecule has 0 radical (unpaired) electrons. The first-order valence-corrected chi connectivity index (χ1v) is 8.90. The largest absolute Gasteiger partial charge is 0.0622 e. The van der Waals surface area contributed by atoms with E-state index in [-0.39, 0.29) is 0 Å². The van der Waals surface area contributed by atoms with Crippen LogP contribution in [0.1, 0.15) is 54.7 Å². The first-order chi connectivity index (χ1) is 11.8. The van der Waals surface area contributed by atoms with E-state index >= 15 is 0 Å². The van der Waals surface area contributed by atoms with Crippen molar-refractivity contribution in [2.75, 3.05) is 0 Å². The summed E-state index contributed by atoms with van der Waals surface area (Å²) in [5.41, 5.74) is 4.29. The number of benzene rings is 3. The predicted molar refractivity (Wildman–Crippen MR) is 104 cm³/mol. The van der Waals surface area contributed by atoms with Crippen LogP contribution in [0.5, 0.6) is 0 Å². The first kappa shape index (κ1) is 16.5. The van der Waals surface area contributed by atoms with Crippen LogP contribution in [-0.4, -0.2) is 0 Å². The highest BCUT2D eigenvalue weighted by atomic mass is 14.3. The Labute approximate surface area is 146 Å². The van der Waals surface area contributed by atoms with Gasteiger partial charge in [0.25, 0.3) is 0 Å². The molecule has 0 N–H and O–H groups in total. The van der Waals surface area contributed by atoms with Crippen LogP contribution in [0.15, 0.2) is 91.0 Å². The third-order valence-corrected chi connectivity index (χ3v) is 5.13. The Hall–Kier alpha value is -2.34. The van der Waals surface area contributed by atoms with Crippen LogP contribution in [0.25, 0.3) is 0 Å². The normalized spacial score (nSPS) is 14.8. The van der Waals surface area contributed by atoms with E-state index in [0.717, 1.165) is 6.42 Å². The molecule has 0 heteroatoms. The lowest BCUT2D eigenvalue weighted by molar-refractivity contribution is 0.493. The van der Waals surface area contributed by atoms with Gasteiger partial charge in [-0.05, 0) is 40.9 Å². The Kier molecular flexibility index (Phi) is 5.48. The lowest BCUT2D eigenvalue weighted by Crippen LogP contribution is -2.12. The van der Waals surface area contributed by atoms with E-state index in [1.165, 1.54) is 16.7 Å². The van der Waals surface area contributed by atoms with Gasteiger partial charge in [0, 0.05) is 0 Å². The summed E-state index contributed by atoms with van der Waals surface area (Å²) >= 11 is 0. The van der Waals surface area contributed by atoms with Crippen LogP contribution < -0.4 is 0 Å². The van der Waals surface area contributed by atoms with Gasteiger partial charge in [0.1, 0.15) is 0 Å². The molecular weight excluding hydrogens is 288 g/mol. The van der Waals surface area contributed by atoms with Crippen LogP contribution in [0.4, 0.5) is 0 Å². The molecule has 0 saturated heterocycles. The van der Waals surface area contributed by atoms with Crippen molar-refractivity contribution in [3.63, 3.8) is 0 Å². The fraction of sp³-hybridized carbons (Fsp3) is 0.250. The van der Waals surface area contributed by atoms with Crippen LogP contribution in [0.3, 0.4) is 0 Å². The second kappa shape index (κ2) is 7.97. The molecule has 0 aliphatic carbocycles. The molecule has 0 aliphatic rings. The predicted octanol–water partition coefficient (Wildman–Crippen LogP) is 6.77. The van der Waals surface area contributed by atoms with Crippen molar-refractivity contribution in [2.24, 2.45) is 0 Å². The van der Waals surface area contributed by atoms with Crippen molar-refractivity contribution in [1.82, 2.24) is 0 Å². The zero-order valence-electron chi connectivity index (χ0n) is 14.6. The molecular formula is C24H26. The highest BCUT2D eigenvalue weighted by molar-refractivity contribution is 5.29. The monoisotopic (exact) mass is 314 g/mol. The summed E-state index contributed by atoms with van der Waals surface area (Å²) in [6.45, 7) is 4.72. The maximum absolute atomic E-state index is 2.37. The Morgan fingerprint density at radius 3 is 1.46 bits per heavy atom. The minimum atomic E-state index is 0.500. The standard InChI is InChI=1S/C24H26/c1-19(21-12-6-3-7-13-21)18-24(23-16-10-5-11-17-23)20(2)22-14-8-4-9-15-22/h3-17,19-20,24H,18H2,1-2H3. The maximum atomic E-state index is 2.37. The molecule has 3 rings (SSSR count). The molecule has 0 bridgehead atoms. The molecule has 3 atom stereocenters. The van der Waals surface area contributed by atoms with E-state index in [0.29, 0.717) is 17.8 Å². The van der Waals surface area contributed by atoms with Gasteiger partial charge in [-0.1, -0.05) is 105 Å². The van der Waals surface area contributed by atoms with E-state index in [9.17, 15) is 0 Å². The zero-order valence-corrected chi connectivity index (χ0v) is 14.6. The Balaban J connectivity index is 1.88. The van der Waals surface area contributed by atoms with Gasteiger partial charge in [-0.3, -0.25) is 0 Å². The molecule has 122 valence electrons. The minimum Gasteiger partial charge on any atom is -0.0622 e. The molecule has 24 heavy (non-hydrogen) atoms. The summed E-state index contributed by atoms with van der Waals surface area (Å²) in [6, 6.07) is 32.8.